The minimum Gasteiger partial charge on any atom is -0.480 e. The molecule has 4 rings (SSSR count). The molecule has 0 amide bonds. The lowest BCUT2D eigenvalue weighted by Crippen LogP contribution is -2.36. The van der Waals surface area contributed by atoms with Gasteiger partial charge in [0.25, 0.3) is 0 Å². The zero-order valence-electron chi connectivity index (χ0n) is 15.3. The maximum Gasteiger partial charge on any atom is 0.327 e. The molecule has 0 fully saturated rings. The highest BCUT2D eigenvalue weighted by Crippen LogP contribution is 2.46. The van der Waals surface area contributed by atoms with Gasteiger partial charge in [0.05, 0.1) is 14.2 Å². The average Bonchev–Trinajstić information content (AvgIpc) is 3.06. The van der Waals surface area contributed by atoms with Crippen molar-refractivity contribution in [3.05, 3.63) is 59.7 Å². The summed E-state index contributed by atoms with van der Waals surface area (Å²) in [6.45, 7) is 0. The lowest BCUT2D eigenvalue weighted by atomic mass is 9.89. The number of ether oxygens (including phenoxy) is 2. The summed E-state index contributed by atoms with van der Waals surface area (Å²) in [5.74, 6) is -1.36. The van der Waals surface area contributed by atoms with E-state index in [0.717, 1.165) is 22.3 Å². The number of carbonyl (C=O) groups is 1. The molecule has 2 N–H and O–H groups in total. The fourth-order valence-corrected chi connectivity index (χ4v) is 3.57. The van der Waals surface area contributed by atoms with Gasteiger partial charge in [-0.05, 0) is 22.3 Å². The summed E-state index contributed by atoms with van der Waals surface area (Å²) in [5, 5.41) is 12.9. The molecule has 1 aliphatic carbocycles. The number of fused-ring (bicyclic) bond motifs is 3. The van der Waals surface area contributed by atoms with Crippen molar-refractivity contribution in [2.75, 3.05) is 19.5 Å². The SMILES string of the molecule is COc1nc(NC(C(=O)O)C2c3ccccc3-c3ccccc32)nc(OC)n1. The van der Waals surface area contributed by atoms with Crippen molar-refractivity contribution in [3.8, 4) is 23.1 Å². The van der Waals surface area contributed by atoms with Crippen LogP contribution in [0.2, 0.25) is 0 Å². The molecule has 0 aliphatic heterocycles. The predicted molar refractivity (Wildman–Crippen MR) is 102 cm³/mol. The molecular weight excluding hydrogens is 360 g/mol. The Morgan fingerprint density at radius 1 is 0.929 bits per heavy atom. The first-order valence-corrected chi connectivity index (χ1v) is 8.64. The summed E-state index contributed by atoms with van der Waals surface area (Å²) < 4.78 is 10.1. The van der Waals surface area contributed by atoms with Gasteiger partial charge in [0.2, 0.25) is 5.95 Å². The molecule has 1 aliphatic rings. The van der Waals surface area contributed by atoms with E-state index in [-0.39, 0.29) is 18.0 Å². The molecule has 2 aromatic carbocycles. The van der Waals surface area contributed by atoms with Gasteiger partial charge in [0, 0.05) is 5.92 Å². The highest BCUT2D eigenvalue weighted by atomic mass is 16.5. The first-order valence-electron chi connectivity index (χ1n) is 8.64. The van der Waals surface area contributed by atoms with Crippen LogP contribution in [-0.2, 0) is 4.79 Å². The second-order valence-corrected chi connectivity index (χ2v) is 6.24. The third kappa shape index (κ3) is 2.98. The van der Waals surface area contributed by atoms with Crippen molar-refractivity contribution in [3.63, 3.8) is 0 Å². The minimum atomic E-state index is -1.02. The summed E-state index contributed by atoms with van der Waals surface area (Å²) in [7, 11) is 2.83. The zero-order chi connectivity index (χ0) is 19.7. The smallest absolute Gasteiger partial charge is 0.327 e. The summed E-state index contributed by atoms with van der Waals surface area (Å²) >= 11 is 0. The van der Waals surface area contributed by atoms with E-state index in [4.69, 9.17) is 9.47 Å². The minimum absolute atomic E-state index is 0.0331. The van der Waals surface area contributed by atoms with Gasteiger partial charge < -0.3 is 19.9 Å². The second-order valence-electron chi connectivity index (χ2n) is 6.24. The van der Waals surface area contributed by atoms with E-state index in [1.807, 2.05) is 48.5 Å². The molecule has 0 bridgehead atoms. The van der Waals surface area contributed by atoms with Crippen LogP contribution in [0, 0.1) is 0 Å². The van der Waals surface area contributed by atoms with Crippen LogP contribution < -0.4 is 14.8 Å². The van der Waals surface area contributed by atoms with Crippen molar-refractivity contribution in [2.24, 2.45) is 0 Å². The molecule has 0 radical (unpaired) electrons. The van der Waals surface area contributed by atoms with Gasteiger partial charge in [-0.2, -0.15) is 9.97 Å². The molecule has 28 heavy (non-hydrogen) atoms. The molecule has 0 saturated carbocycles. The van der Waals surface area contributed by atoms with Crippen molar-refractivity contribution in [1.82, 2.24) is 15.0 Å². The van der Waals surface area contributed by atoms with Crippen molar-refractivity contribution in [2.45, 2.75) is 12.0 Å². The summed E-state index contributed by atoms with van der Waals surface area (Å²) in [6.07, 6.45) is 0. The third-order valence-electron chi connectivity index (χ3n) is 4.73. The molecular formula is C20H18N4O4. The Hall–Kier alpha value is -3.68. The number of nitrogens with one attached hydrogen (secondary N) is 1. The molecule has 1 heterocycles. The van der Waals surface area contributed by atoms with E-state index in [2.05, 4.69) is 20.3 Å². The maximum absolute atomic E-state index is 12.2. The summed E-state index contributed by atoms with van der Waals surface area (Å²) in [6, 6.07) is 14.7. The standard InChI is InChI=1S/C20H18N4O4/c1-27-19-22-18(23-20(24-19)28-2)21-16(17(25)26)15-13-9-5-3-7-11(13)12-8-4-6-10-14(12)15/h3-10,15-16H,1-2H3,(H,25,26)(H,21,22,23,24). The number of benzene rings is 2. The van der Waals surface area contributed by atoms with Crippen LogP contribution in [0.1, 0.15) is 17.0 Å². The Morgan fingerprint density at radius 3 is 1.89 bits per heavy atom. The largest absolute Gasteiger partial charge is 0.480 e. The van der Waals surface area contributed by atoms with E-state index in [1.165, 1.54) is 14.2 Å². The average molecular weight is 378 g/mol. The van der Waals surface area contributed by atoms with Gasteiger partial charge in [-0.15, -0.1) is 4.98 Å². The Labute approximate surface area is 161 Å². The molecule has 142 valence electrons. The van der Waals surface area contributed by atoms with E-state index in [9.17, 15) is 9.90 Å². The number of rotatable bonds is 6. The maximum atomic E-state index is 12.2. The Kier molecular flexibility index (Phi) is 4.52. The molecule has 8 heteroatoms. The number of nitrogens with zero attached hydrogens (tertiary/aromatic N) is 3. The normalized spacial score (nSPS) is 13.4. The van der Waals surface area contributed by atoms with Gasteiger partial charge in [-0.3, -0.25) is 0 Å². The third-order valence-corrected chi connectivity index (χ3v) is 4.73. The number of anilines is 1. The number of carboxylic acids is 1. The molecule has 8 nitrogen and oxygen atoms in total. The van der Waals surface area contributed by atoms with Crippen LogP contribution in [0.4, 0.5) is 5.95 Å². The molecule has 0 spiro atoms. The molecule has 1 unspecified atom stereocenters. The van der Waals surface area contributed by atoms with Crippen molar-refractivity contribution < 1.29 is 19.4 Å². The number of aliphatic carboxylic acids is 1. The first kappa shape index (κ1) is 17.7. The lowest BCUT2D eigenvalue weighted by molar-refractivity contribution is -0.138. The lowest BCUT2D eigenvalue weighted by Gasteiger charge is -2.23. The quantitative estimate of drug-likeness (QED) is 0.674. The number of methoxy groups -OCH3 is 2. The monoisotopic (exact) mass is 378 g/mol. The predicted octanol–water partition coefficient (Wildman–Crippen LogP) is 2.57. The van der Waals surface area contributed by atoms with Crippen molar-refractivity contribution >= 4 is 11.9 Å². The van der Waals surface area contributed by atoms with Crippen LogP contribution in [0.5, 0.6) is 12.0 Å². The number of hydrogen-bond acceptors (Lipinski definition) is 7. The highest BCUT2D eigenvalue weighted by Gasteiger charge is 2.38. The van der Waals surface area contributed by atoms with E-state index in [1.54, 1.807) is 0 Å². The van der Waals surface area contributed by atoms with Gasteiger partial charge in [-0.25, -0.2) is 4.79 Å². The molecule has 1 aromatic heterocycles. The molecule has 0 saturated heterocycles. The van der Waals surface area contributed by atoms with Crippen molar-refractivity contribution in [1.29, 1.82) is 0 Å². The highest BCUT2D eigenvalue weighted by molar-refractivity contribution is 5.86. The Bertz CT molecular complexity index is 972. The first-order chi connectivity index (χ1) is 13.6. The zero-order valence-corrected chi connectivity index (χ0v) is 15.3. The van der Waals surface area contributed by atoms with E-state index < -0.39 is 17.9 Å². The Morgan fingerprint density at radius 2 is 1.43 bits per heavy atom. The Balaban J connectivity index is 1.78. The van der Waals surface area contributed by atoms with Crippen LogP contribution >= 0.6 is 0 Å². The van der Waals surface area contributed by atoms with E-state index in [0.29, 0.717) is 0 Å². The van der Waals surface area contributed by atoms with Crippen LogP contribution in [0.25, 0.3) is 11.1 Å². The number of hydrogen-bond donors (Lipinski definition) is 2. The topological polar surface area (TPSA) is 106 Å². The fourth-order valence-electron chi connectivity index (χ4n) is 3.57. The summed E-state index contributed by atoms with van der Waals surface area (Å²) in [4.78, 5) is 24.4. The fraction of sp³-hybridized carbons (Fsp3) is 0.200. The molecule has 3 aromatic rings. The van der Waals surface area contributed by atoms with E-state index >= 15 is 0 Å². The summed E-state index contributed by atoms with van der Waals surface area (Å²) in [5.41, 5.74) is 3.94. The van der Waals surface area contributed by atoms with Crippen LogP contribution in [0.15, 0.2) is 48.5 Å². The number of carboxylic acid groups (broad SMARTS) is 1. The van der Waals surface area contributed by atoms with Gasteiger partial charge in [-0.1, -0.05) is 48.5 Å². The van der Waals surface area contributed by atoms with Gasteiger partial charge in [0.1, 0.15) is 6.04 Å². The number of aromatic nitrogens is 3. The van der Waals surface area contributed by atoms with Gasteiger partial charge >= 0.3 is 18.0 Å². The van der Waals surface area contributed by atoms with Crippen LogP contribution in [-0.4, -0.2) is 46.3 Å². The van der Waals surface area contributed by atoms with Crippen LogP contribution in [0.3, 0.4) is 0 Å². The second kappa shape index (κ2) is 7.15. The van der Waals surface area contributed by atoms with Gasteiger partial charge in [0.15, 0.2) is 0 Å². The molecule has 1 atom stereocenters.